The lowest BCUT2D eigenvalue weighted by molar-refractivity contribution is -0.144. The van der Waals surface area contributed by atoms with Crippen LogP contribution in [0.3, 0.4) is 0 Å². The van der Waals surface area contributed by atoms with Crippen molar-refractivity contribution in [2.45, 2.75) is 97.5 Å². The Hall–Kier alpha value is -1.62. The van der Waals surface area contributed by atoms with Crippen molar-refractivity contribution in [1.82, 2.24) is 0 Å². The first-order valence-electron chi connectivity index (χ1n) is 12.1. The van der Waals surface area contributed by atoms with E-state index in [1.807, 2.05) is 0 Å². The first-order valence-corrected chi connectivity index (χ1v) is 12.1. The minimum atomic E-state index is -0.940. The maximum absolute atomic E-state index is 12.0. The van der Waals surface area contributed by atoms with Gasteiger partial charge in [0.15, 0.2) is 0 Å². The van der Waals surface area contributed by atoms with E-state index in [4.69, 9.17) is 9.47 Å². The minimum absolute atomic E-state index is 0.0355. The lowest BCUT2D eigenvalue weighted by atomic mass is 9.77. The van der Waals surface area contributed by atoms with Crippen molar-refractivity contribution in [2.75, 3.05) is 13.2 Å². The van der Waals surface area contributed by atoms with Crippen LogP contribution in [-0.4, -0.2) is 36.4 Å². The highest BCUT2D eigenvalue weighted by Crippen LogP contribution is 2.34. The Labute approximate surface area is 189 Å². The second-order valence-electron chi connectivity index (χ2n) is 9.36. The molecule has 0 heterocycles. The van der Waals surface area contributed by atoms with E-state index in [1.54, 1.807) is 6.92 Å². The molecule has 0 aliphatic heterocycles. The first-order chi connectivity index (χ1) is 14.7. The third-order valence-corrected chi connectivity index (χ3v) is 6.42. The third kappa shape index (κ3) is 11.5. The summed E-state index contributed by atoms with van der Waals surface area (Å²) in [4.78, 5) is 23.7. The molecule has 178 valence electrons. The van der Waals surface area contributed by atoms with Gasteiger partial charge in [-0.2, -0.15) is 0 Å². The SMILES string of the molecule is C=C(C)C(=O)OCC(CCCC1CCC(CCCCC)CC1)COC(=O)C(=C)C(C)O. The maximum Gasteiger partial charge on any atom is 0.336 e. The predicted octanol–water partition coefficient (Wildman–Crippen LogP) is 5.76. The highest BCUT2D eigenvalue weighted by atomic mass is 16.5. The van der Waals surface area contributed by atoms with Crippen molar-refractivity contribution in [2.24, 2.45) is 17.8 Å². The summed E-state index contributed by atoms with van der Waals surface area (Å²) >= 11 is 0. The molecule has 1 N–H and O–H groups in total. The molecule has 0 aromatic carbocycles. The molecule has 1 aliphatic carbocycles. The zero-order valence-electron chi connectivity index (χ0n) is 20.0. The monoisotopic (exact) mass is 436 g/mol. The summed E-state index contributed by atoms with van der Waals surface area (Å²) in [5, 5.41) is 9.48. The van der Waals surface area contributed by atoms with Crippen LogP contribution in [-0.2, 0) is 19.1 Å². The summed E-state index contributed by atoms with van der Waals surface area (Å²) in [6.07, 6.45) is 12.8. The number of carbonyl (C=O) groups excluding carboxylic acids is 2. The number of hydrogen-bond donors (Lipinski definition) is 1. The lowest BCUT2D eigenvalue weighted by Crippen LogP contribution is -2.24. The first kappa shape index (κ1) is 27.4. The van der Waals surface area contributed by atoms with Gasteiger partial charge in [0.05, 0.1) is 24.9 Å². The molecule has 1 saturated carbocycles. The van der Waals surface area contributed by atoms with Gasteiger partial charge in [-0.3, -0.25) is 0 Å². The van der Waals surface area contributed by atoms with Gasteiger partial charge in [0.2, 0.25) is 0 Å². The Balaban J connectivity index is 2.41. The van der Waals surface area contributed by atoms with Crippen molar-refractivity contribution in [3.63, 3.8) is 0 Å². The average molecular weight is 437 g/mol. The normalized spacial score (nSPS) is 20.5. The van der Waals surface area contributed by atoms with Crippen LogP contribution in [0.2, 0.25) is 0 Å². The molecule has 2 atom stereocenters. The zero-order chi connectivity index (χ0) is 23.2. The van der Waals surface area contributed by atoms with E-state index in [9.17, 15) is 14.7 Å². The van der Waals surface area contributed by atoms with E-state index in [0.29, 0.717) is 5.57 Å². The summed E-state index contributed by atoms with van der Waals surface area (Å²) in [5.41, 5.74) is 0.391. The van der Waals surface area contributed by atoms with Gasteiger partial charge in [-0.25, -0.2) is 9.59 Å². The molecule has 0 aromatic rings. The van der Waals surface area contributed by atoms with E-state index in [2.05, 4.69) is 20.1 Å². The van der Waals surface area contributed by atoms with Gasteiger partial charge in [0.1, 0.15) is 0 Å². The molecule has 0 saturated heterocycles. The second kappa shape index (κ2) is 15.2. The van der Waals surface area contributed by atoms with Gasteiger partial charge in [0.25, 0.3) is 0 Å². The summed E-state index contributed by atoms with van der Waals surface area (Å²) < 4.78 is 10.6. The zero-order valence-corrected chi connectivity index (χ0v) is 20.0. The quantitative estimate of drug-likeness (QED) is 0.201. The number of aliphatic hydroxyl groups is 1. The molecule has 0 bridgehead atoms. The summed E-state index contributed by atoms with van der Waals surface area (Å²) in [6, 6.07) is 0. The Morgan fingerprint density at radius 1 is 0.935 bits per heavy atom. The fourth-order valence-electron chi connectivity index (χ4n) is 4.18. The smallest absolute Gasteiger partial charge is 0.336 e. The Morgan fingerprint density at radius 2 is 1.45 bits per heavy atom. The van der Waals surface area contributed by atoms with Crippen molar-refractivity contribution in [3.8, 4) is 0 Å². The van der Waals surface area contributed by atoms with Crippen LogP contribution in [0.1, 0.15) is 91.4 Å². The highest BCUT2D eigenvalue weighted by Gasteiger charge is 2.22. The fraction of sp³-hybridized carbons (Fsp3) is 0.769. The lowest BCUT2D eigenvalue weighted by Gasteiger charge is -2.29. The molecule has 0 spiro atoms. The van der Waals surface area contributed by atoms with Crippen LogP contribution < -0.4 is 0 Å². The molecule has 1 fully saturated rings. The van der Waals surface area contributed by atoms with E-state index in [-0.39, 0.29) is 24.7 Å². The van der Waals surface area contributed by atoms with Gasteiger partial charge >= 0.3 is 11.9 Å². The van der Waals surface area contributed by atoms with Crippen molar-refractivity contribution in [3.05, 3.63) is 24.3 Å². The molecule has 31 heavy (non-hydrogen) atoms. The molecule has 0 radical (unpaired) electrons. The summed E-state index contributed by atoms with van der Waals surface area (Å²) in [7, 11) is 0. The van der Waals surface area contributed by atoms with Crippen LogP contribution in [0.4, 0.5) is 0 Å². The molecule has 1 aliphatic rings. The number of ether oxygens (including phenoxy) is 2. The van der Waals surface area contributed by atoms with Crippen molar-refractivity contribution >= 4 is 11.9 Å². The van der Waals surface area contributed by atoms with Crippen LogP contribution in [0.15, 0.2) is 24.3 Å². The molecular formula is C26H44O5. The van der Waals surface area contributed by atoms with Crippen LogP contribution in [0.5, 0.6) is 0 Å². The Morgan fingerprint density at radius 3 is 1.94 bits per heavy atom. The number of carbonyl (C=O) groups is 2. The number of aliphatic hydroxyl groups excluding tert-OH is 1. The Bertz CT molecular complexity index is 572. The molecular weight excluding hydrogens is 392 g/mol. The maximum atomic E-state index is 12.0. The highest BCUT2D eigenvalue weighted by molar-refractivity contribution is 5.88. The average Bonchev–Trinajstić information content (AvgIpc) is 2.75. The molecule has 0 aromatic heterocycles. The van der Waals surface area contributed by atoms with Gasteiger partial charge in [-0.05, 0) is 32.1 Å². The number of rotatable bonds is 15. The minimum Gasteiger partial charge on any atom is -0.462 e. The topological polar surface area (TPSA) is 72.8 Å². The standard InChI is InChI=1S/C26H44O5/c1-6-7-8-10-22-13-15-23(16-14-22)11-9-12-24(17-30-25(28)19(2)3)18-31-26(29)20(4)21(5)27/h21-24,27H,2,4,6-18H2,1,3,5H3. The number of hydrogen-bond acceptors (Lipinski definition) is 5. The van der Waals surface area contributed by atoms with Crippen LogP contribution >= 0.6 is 0 Å². The van der Waals surface area contributed by atoms with E-state index >= 15 is 0 Å². The van der Waals surface area contributed by atoms with E-state index in [1.165, 1.54) is 64.7 Å². The predicted molar refractivity (Wildman–Crippen MR) is 124 cm³/mol. The molecule has 5 nitrogen and oxygen atoms in total. The molecule has 5 heteroatoms. The van der Waals surface area contributed by atoms with Crippen molar-refractivity contribution in [1.29, 1.82) is 0 Å². The van der Waals surface area contributed by atoms with Gasteiger partial charge in [-0.1, -0.05) is 84.3 Å². The molecule has 0 amide bonds. The van der Waals surface area contributed by atoms with E-state index in [0.717, 1.165) is 24.7 Å². The van der Waals surface area contributed by atoms with Crippen molar-refractivity contribution < 1.29 is 24.2 Å². The number of unbranched alkanes of at least 4 members (excludes halogenated alkanes) is 2. The summed E-state index contributed by atoms with van der Waals surface area (Å²) in [6.45, 7) is 12.9. The van der Waals surface area contributed by atoms with Crippen LogP contribution in [0.25, 0.3) is 0 Å². The molecule has 1 rings (SSSR count). The second-order valence-corrected chi connectivity index (χ2v) is 9.36. The van der Waals surface area contributed by atoms with E-state index < -0.39 is 18.0 Å². The Kier molecular flexibility index (Phi) is 13.5. The van der Waals surface area contributed by atoms with Gasteiger partial charge < -0.3 is 14.6 Å². The van der Waals surface area contributed by atoms with Gasteiger partial charge in [-0.15, -0.1) is 0 Å². The summed E-state index contributed by atoms with van der Waals surface area (Å²) in [5.74, 6) is 0.593. The number of esters is 2. The van der Waals surface area contributed by atoms with Gasteiger partial charge in [0, 0.05) is 11.5 Å². The van der Waals surface area contributed by atoms with Crippen LogP contribution in [0, 0.1) is 17.8 Å². The molecule has 2 unspecified atom stereocenters. The third-order valence-electron chi connectivity index (χ3n) is 6.42. The fourth-order valence-corrected chi connectivity index (χ4v) is 4.18. The largest absolute Gasteiger partial charge is 0.462 e.